The average Bonchev–Trinajstić information content (AvgIpc) is 2.73. The molecule has 0 saturated carbocycles. The molecule has 1 aromatic carbocycles. The predicted octanol–water partition coefficient (Wildman–Crippen LogP) is 0.615. The molecule has 0 spiro atoms. The molecular formula is C12H10N4. The molecule has 0 fully saturated rings. The number of nitrogens with two attached hydrogens (primary N) is 1. The third-order valence-electron chi connectivity index (χ3n) is 2.50. The summed E-state index contributed by atoms with van der Waals surface area (Å²) >= 11 is 0. The third kappa shape index (κ3) is 1.44. The van der Waals surface area contributed by atoms with Gasteiger partial charge in [-0.05, 0) is 24.3 Å². The van der Waals surface area contributed by atoms with Gasteiger partial charge in [-0.15, -0.1) is 0 Å². The molecule has 1 aliphatic heterocycles. The van der Waals surface area contributed by atoms with E-state index < -0.39 is 0 Å². The predicted molar refractivity (Wildman–Crippen MR) is 60.1 cm³/mol. The molecule has 2 N–H and O–H groups in total. The lowest BCUT2D eigenvalue weighted by Crippen LogP contribution is -2.21. The Bertz CT molecular complexity index is 634. The number of nitrogens with zero attached hydrogens (tertiary/aromatic N) is 3. The van der Waals surface area contributed by atoms with E-state index >= 15 is 0 Å². The maximum absolute atomic E-state index is 5.70. The topological polar surface area (TPSA) is 63.6 Å². The van der Waals surface area contributed by atoms with Crippen molar-refractivity contribution in [3.05, 3.63) is 59.0 Å². The van der Waals surface area contributed by atoms with Crippen LogP contribution in [0.15, 0.2) is 52.7 Å². The molecular weight excluding hydrogens is 200 g/mol. The number of hydrogen-bond donors (Lipinski definition) is 1. The summed E-state index contributed by atoms with van der Waals surface area (Å²) in [6.07, 6.45) is 3.35. The summed E-state index contributed by atoms with van der Waals surface area (Å²) in [4.78, 5) is 13.1. The second-order valence-electron chi connectivity index (χ2n) is 3.67. The second-order valence-corrected chi connectivity index (χ2v) is 3.67. The molecule has 4 heteroatoms. The van der Waals surface area contributed by atoms with Crippen LogP contribution in [-0.4, -0.2) is 4.98 Å². The minimum Gasteiger partial charge on any atom is -0.399 e. The van der Waals surface area contributed by atoms with Crippen LogP contribution in [0.1, 0.15) is 11.7 Å². The number of aromatic nitrogens is 1. The molecule has 2 aromatic rings. The van der Waals surface area contributed by atoms with Crippen LogP contribution in [0, 0.1) is 0 Å². The standard InChI is InChI=1S/C12H10N4/c13-9-3-4-10-11(6-9)16-12(15-10)8-2-1-5-14-7-8/h1-7,12H,13H2/t12-/m1/s1. The molecule has 2 heterocycles. The van der Waals surface area contributed by atoms with E-state index in [1.165, 1.54) is 0 Å². The lowest BCUT2D eigenvalue weighted by molar-refractivity contribution is 0.766. The Labute approximate surface area is 92.2 Å². The summed E-state index contributed by atoms with van der Waals surface area (Å²) < 4.78 is 0. The number of pyridine rings is 1. The smallest absolute Gasteiger partial charge is 0.168 e. The molecule has 1 aromatic heterocycles. The first kappa shape index (κ1) is 9.03. The van der Waals surface area contributed by atoms with Crippen molar-refractivity contribution in [3.63, 3.8) is 0 Å². The summed E-state index contributed by atoms with van der Waals surface area (Å²) in [5.74, 6) is 0. The van der Waals surface area contributed by atoms with E-state index in [9.17, 15) is 0 Å². The zero-order chi connectivity index (χ0) is 11.0. The Morgan fingerprint density at radius 2 is 1.94 bits per heavy atom. The summed E-state index contributed by atoms with van der Waals surface area (Å²) in [5.41, 5.74) is 7.41. The van der Waals surface area contributed by atoms with Crippen LogP contribution in [0.4, 0.5) is 5.69 Å². The fraction of sp³-hybridized carbons (Fsp3) is 0.0833. The highest BCUT2D eigenvalue weighted by Gasteiger charge is 2.12. The van der Waals surface area contributed by atoms with Crippen molar-refractivity contribution in [2.45, 2.75) is 6.17 Å². The maximum atomic E-state index is 5.70. The van der Waals surface area contributed by atoms with E-state index in [0.717, 1.165) is 16.3 Å². The highest BCUT2D eigenvalue weighted by molar-refractivity contribution is 5.36. The summed E-state index contributed by atoms with van der Waals surface area (Å²) in [7, 11) is 0. The Kier molecular flexibility index (Phi) is 1.93. The van der Waals surface area contributed by atoms with Crippen molar-refractivity contribution in [1.29, 1.82) is 0 Å². The summed E-state index contributed by atoms with van der Waals surface area (Å²) in [6, 6.07) is 9.43. The van der Waals surface area contributed by atoms with Gasteiger partial charge in [0.15, 0.2) is 6.17 Å². The maximum Gasteiger partial charge on any atom is 0.168 e. The molecule has 1 aliphatic rings. The van der Waals surface area contributed by atoms with Crippen LogP contribution in [0.5, 0.6) is 0 Å². The summed E-state index contributed by atoms with van der Waals surface area (Å²) in [5, 5.41) is 1.75. The van der Waals surface area contributed by atoms with Gasteiger partial charge in [0.2, 0.25) is 0 Å². The van der Waals surface area contributed by atoms with E-state index in [4.69, 9.17) is 5.73 Å². The van der Waals surface area contributed by atoms with E-state index in [1.807, 2.05) is 30.3 Å². The van der Waals surface area contributed by atoms with Gasteiger partial charge >= 0.3 is 0 Å². The van der Waals surface area contributed by atoms with Gasteiger partial charge in [-0.3, -0.25) is 15.0 Å². The quantitative estimate of drug-likeness (QED) is 0.701. The number of fused-ring (bicyclic) bond motifs is 1. The van der Waals surface area contributed by atoms with Gasteiger partial charge in [-0.2, -0.15) is 0 Å². The minimum absolute atomic E-state index is 0.175. The van der Waals surface area contributed by atoms with Crippen molar-refractivity contribution in [1.82, 2.24) is 4.98 Å². The zero-order valence-electron chi connectivity index (χ0n) is 8.54. The largest absolute Gasteiger partial charge is 0.399 e. The van der Waals surface area contributed by atoms with E-state index in [1.54, 1.807) is 12.4 Å². The summed E-state index contributed by atoms with van der Waals surface area (Å²) in [6.45, 7) is 0. The first-order valence-electron chi connectivity index (χ1n) is 5.04. The zero-order valence-corrected chi connectivity index (χ0v) is 8.54. The molecule has 0 bridgehead atoms. The lowest BCUT2D eigenvalue weighted by atomic mass is 10.2. The molecule has 16 heavy (non-hydrogen) atoms. The van der Waals surface area contributed by atoms with Crippen molar-refractivity contribution in [2.24, 2.45) is 9.98 Å². The first-order valence-corrected chi connectivity index (χ1v) is 5.04. The van der Waals surface area contributed by atoms with Gasteiger partial charge in [0.25, 0.3) is 0 Å². The van der Waals surface area contributed by atoms with Gasteiger partial charge in [0.1, 0.15) is 0 Å². The van der Waals surface area contributed by atoms with Crippen molar-refractivity contribution in [3.8, 4) is 0 Å². The normalized spacial score (nSPS) is 17.4. The van der Waals surface area contributed by atoms with Crippen LogP contribution < -0.4 is 16.4 Å². The third-order valence-corrected chi connectivity index (χ3v) is 2.50. The van der Waals surface area contributed by atoms with Gasteiger partial charge in [0, 0.05) is 23.6 Å². The average molecular weight is 210 g/mol. The molecule has 1 atom stereocenters. The highest BCUT2D eigenvalue weighted by Crippen LogP contribution is 2.17. The first-order chi connectivity index (χ1) is 7.83. The SMILES string of the molecule is Nc1ccc2c(c1)=N[C@H](c1cccnc1)N=2. The number of anilines is 1. The van der Waals surface area contributed by atoms with Crippen LogP contribution in [-0.2, 0) is 0 Å². The number of hydrogen-bond acceptors (Lipinski definition) is 4. The molecule has 4 nitrogen and oxygen atoms in total. The molecule has 0 amide bonds. The fourth-order valence-electron chi connectivity index (χ4n) is 1.72. The van der Waals surface area contributed by atoms with Gasteiger partial charge in [-0.25, -0.2) is 0 Å². The van der Waals surface area contributed by atoms with Gasteiger partial charge in [0.05, 0.1) is 10.7 Å². The Morgan fingerprint density at radius 1 is 1.06 bits per heavy atom. The van der Waals surface area contributed by atoms with E-state index in [-0.39, 0.29) is 6.17 Å². The monoisotopic (exact) mass is 210 g/mol. The molecule has 0 saturated heterocycles. The van der Waals surface area contributed by atoms with Gasteiger partial charge < -0.3 is 5.73 Å². The number of benzene rings is 1. The van der Waals surface area contributed by atoms with Crippen LogP contribution >= 0.6 is 0 Å². The van der Waals surface area contributed by atoms with Crippen LogP contribution in [0.3, 0.4) is 0 Å². The Morgan fingerprint density at radius 3 is 2.75 bits per heavy atom. The van der Waals surface area contributed by atoms with E-state index in [0.29, 0.717) is 5.69 Å². The van der Waals surface area contributed by atoms with Crippen molar-refractivity contribution in [2.75, 3.05) is 5.73 Å². The second kappa shape index (κ2) is 3.41. The van der Waals surface area contributed by atoms with Gasteiger partial charge in [-0.1, -0.05) is 6.07 Å². The van der Waals surface area contributed by atoms with Crippen molar-refractivity contribution < 1.29 is 0 Å². The number of rotatable bonds is 1. The molecule has 3 rings (SSSR count). The van der Waals surface area contributed by atoms with Crippen LogP contribution in [0.2, 0.25) is 0 Å². The Balaban J connectivity index is 2.11. The fourth-order valence-corrected chi connectivity index (χ4v) is 1.72. The Hall–Kier alpha value is -2.23. The molecule has 78 valence electrons. The minimum atomic E-state index is -0.175. The number of nitrogen functional groups attached to an aromatic ring is 1. The van der Waals surface area contributed by atoms with Crippen molar-refractivity contribution >= 4 is 5.69 Å². The van der Waals surface area contributed by atoms with E-state index in [2.05, 4.69) is 15.0 Å². The highest BCUT2D eigenvalue weighted by atomic mass is 15.0. The molecule has 0 radical (unpaired) electrons. The molecule has 0 unspecified atom stereocenters. The van der Waals surface area contributed by atoms with Crippen LogP contribution in [0.25, 0.3) is 0 Å². The molecule has 0 aliphatic carbocycles. The lowest BCUT2D eigenvalue weighted by Gasteiger charge is -2.01.